The van der Waals surface area contributed by atoms with Crippen molar-refractivity contribution in [2.45, 2.75) is 18.9 Å². The number of nitrogens with zero attached hydrogens (tertiary/aromatic N) is 1. The van der Waals surface area contributed by atoms with E-state index >= 15 is 0 Å². The predicted octanol–water partition coefficient (Wildman–Crippen LogP) is 1.13. The Kier molecular flexibility index (Phi) is 9.13. The van der Waals surface area contributed by atoms with Gasteiger partial charge in [0.15, 0.2) is 0 Å². The van der Waals surface area contributed by atoms with Gasteiger partial charge in [-0.3, -0.25) is 19.7 Å². The molecule has 0 fully saturated rings. The van der Waals surface area contributed by atoms with E-state index in [1.165, 1.54) is 31.4 Å². The van der Waals surface area contributed by atoms with Crippen LogP contribution in [0.2, 0.25) is 0 Å². The molecule has 0 unspecified atom stereocenters. The number of nitrogens with one attached hydrogen (secondary N) is 2. The Labute approximate surface area is 155 Å². The molecular formula is C16H21N3O6S. The highest BCUT2D eigenvalue weighted by Crippen LogP contribution is 2.11. The van der Waals surface area contributed by atoms with Crippen molar-refractivity contribution < 1.29 is 24.0 Å². The monoisotopic (exact) mass is 383 g/mol. The number of hydrogen-bond acceptors (Lipinski definition) is 7. The first-order valence-corrected chi connectivity index (χ1v) is 9.17. The molecule has 1 aromatic carbocycles. The lowest BCUT2D eigenvalue weighted by Crippen LogP contribution is -2.43. The minimum Gasteiger partial charge on any atom is -0.467 e. The Hall–Kier alpha value is -2.62. The molecule has 1 atom stereocenters. The van der Waals surface area contributed by atoms with Crippen molar-refractivity contribution in [1.29, 1.82) is 0 Å². The quantitative estimate of drug-likeness (QED) is 0.352. The van der Waals surface area contributed by atoms with Crippen LogP contribution < -0.4 is 10.6 Å². The number of nitro groups is 1. The number of thioether (sulfide) groups is 1. The maximum atomic E-state index is 11.9. The highest BCUT2D eigenvalue weighted by molar-refractivity contribution is 7.98. The fourth-order valence-corrected chi connectivity index (χ4v) is 2.49. The maximum absolute atomic E-state index is 11.9. The molecule has 0 aliphatic rings. The molecule has 0 saturated heterocycles. The SMILES string of the molecule is COC(=O)[C@@H](CCSC)NC(=O)CCNC(=O)c1ccc([N+](=O)[O-])cc1. The minimum atomic E-state index is -0.717. The summed E-state index contributed by atoms with van der Waals surface area (Å²) < 4.78 is 4.66. The summed E-state index contributed by atoms with van der Waals surface area (Å²) in [6, 6.07) is 4.42. The van der Waals surface area contributed by atoms with Crippen molar-refractivity contribution in [2.75, 3.05) is 25.7 Å². The van der Waals surface area contributed by atoms with Crippen LogP contribution in [0.15, 0.2) is 24.3 Å². The second kappa shape index (κ2) is 11.1. The zero-order valence-electron chi connectivity index (χ0n) is 14.5. The maximum Gasteiger partial charge on any atom is 0.328 e. The highest BCUT2D eigenvalue weighted by Gasteiger charge is 2.20. The number of carbonyl (C=O) groups excluding carboxylic acids is 3. The molecule has 1 aromatic rings. The van der Waals surface area contributed by atoms with E-state index in [4.69, 9.17) is 0 Å². The Morgan fingerprint density at radius 1 is 1.27 bits per heavy atom. The molecule has 0 saturated carbocycles. The van der Waals surface area contributed by atoms with Gasteiger partial charge < -0.3 is 15.4 Å². The van der Waals surface area contributed by atoms with E-state index in [9.17, 15) is 24.5 Å². The summed E-state index contributed by atoms with van der Waals surface area (Å²) in [7, 11) is 1.25. The summed E-state index contributed by atoms with van der Waals surface area (Å²) in [5, 5.41) is 15.7. The van der Waals surface area contributed by atoms with Gasteiger partial charge in [-0.15, -0.1) is 0 Å². The van der Waals surface area contributed by atoms with Crippen LogP contribution in [-0.2, 0) is 14.3 Å². The molecule has 10 heteroatoms. The summed E-state index contributed by atoms with van der Waals surface area (Å²) in [5.41, 5.74) is 0.142. The Morgan fingerprint density at radius 2 is 1.92 bits per heavy atom. The van der Waals surface area contributed by atoms with Crippen LogP contribution in [0.1, 0.15) is 23.2 Å². The van der Waals surface area contributed by atoms with E-state index in [0.717, 1.165) is 0 Å². The Bertz CT molecular complexity index is 650. The Morgan fingerprint density at radius 3 is 2.46 bits per heavy atom. The van der Waals surface area contributed by atoms with Crippen LogP contribution in [0.5, 0.6) is 0 Å². The van der Waals surface area contributed by atoms with Crippen molar-refractivity contribution >= 4 is 35.2 Å². The van der Waals surface area contributed by atoms with E-state index < -0.39 is 22.8 Å². The van der Waals surface area contributed by atoms with Crippen LogP contribution >= 0.6 is 11.8 Å². The van der Waals surface area contributed by atoms with Crippen LogP contribution in [0.3, 0.4) is 0 Å². The van der Waals surface area contributed by atoms with Gasteiger partial charge in [-0.05, 0) is 30.6 Å². The first-order valence-electron chi connectivity index (χ1n) is 7.77. The van der Waals surface area contributed by atoms with Crippen LogP contribution in [0.25, 0.3) is 0 Å². The van der Waals surface area contributed by atoms with Crippen molar-refractivity contribution in [3.63, 3.8) is 0 Å². The van der Waals surface area contributed by atoms with Gasteiger partial charge in [-0.1, -0.05) is 0 Å². The molecule has 0 aliphatic carbocycles. The lowest BCUT2D eigenvalue weighted by molar-refractivity contribution is -0.384. The molecule has 142 valence electrons. The summed E-state index contributed by atoms with van der Waals surface area (Å²) >= 11 is 1.55. The van der Waals surface area contributed by atoms with Gasteiger partial charge >= 0.3 is 5.97 Å². The average Bonchev–Trinajstić information content (AvgIpc) is 2.64. The van der Waals surface area contributed by atoms with Crippen LogP contribution in [0, 0.1) is 10.1 Å². The molecule has 1 rings (SSSR count). The summed E-state index contributed by atoms with van der Waals surface area (Å²) in [6.45, 7) is 0.0675. The van der Waals surface area contributed by atoms with Gasteiger partial charge in [0.2, 0.25) is 5.91 Å². The number of nitro benzene ring substituents is 1. The molecule has 0 spiro atoms. The lowest BCUT2D eigenvalue weighted by Gasteiger charge is -2.16. The number of amides is 2. The molecule has 0 aromatic heterocycles. The minimum absolute atomic E-state index is 0.00845. The normalized spacial score (nSPS) is 11.3. The fraction of sp³-hybridized carbons (Fsp3) is 0.438. The number of ether oxygens (including phenoxy) is 1. The zero-order valence-corrected chi connectivity index (χ0v) is 15.3. The first kappa shape index (κ1) is 21.4. The van der Waals surface area contributed by atoms with Crippen LogP contribution in [0.4, 0.5) is 5.69 Å². The van der Waals surface area contributed by atoms with E-state index in [2.05, 4.69) is 15.4 Å². The molecule has 0 aliphatic heterocycles. The summed E-state index contributed by atoms with van der Waals surface area (Å²) in [4.78, 5) is 45.5. The average molecular weight is 383 g/mol. The van der Waals surface area contributed by atoms with Gasteiger partial charge in [0.1, 0.15) is 6.04 Å². The highest BCUT2D eigenvalue weighted by atomic mass is 32.2. The zero-order chi connectivity index (χ0) is 19.5. The third kappa shape index (κ3) is 7.09. The topological polar surface area (TPSA) is 128 Å². The van der Waals surface area contributed by atoms with Crippen molar-refractivity contribution in [1.82, 2.24) is 10.6 Å². The largest absolute Gasteiger partial charge is 0.467 e. The number of benzene rings is 1. The molecule has 2 amide bonds. The van der Waals surface area contributed by atoms with E-state index in [1.807, 2.05) is 6.26 Å². The molecule has 0 heterocycles. The summed E-state index contributed by atoms with van der Waals surface area (Å²) in [5.74, 6) is -0.649. The van der Waals surface area contributed by atoms with E-state index in [0.29, 0.717) is 12.2 Å². The number of hydrogen-bond donors (Lipinski definition) is 2. The molecule has 2 N–H and O–H groups in total. The molecule has 0 radical (unpaired) electrons. The third-order valence-corrected chi connectivity index (χ3v) is 4.05. The van der Waals surface area contributed by atoms with Crippen molar-refractivity contribution in [3.8, 4) is 0 Å². The molecule has 9 nitrogen and oxygen atoms in total. The Balaban J connectivity index is 2.45. The van der Waals surface area contributed by atoms with Crippen LogP contribution in [-0.4, -0.2) is 54.4 Å². The predicted molar refractivity (Wildman–Crippen MR) is 97.0 cm³/mol. The third-order valence-electron chi connectivity index (χ3n) is 3.41. The summed E-state index contributed by atoms with van der Waals surface area (Å²) in [6.07, 6.45) is 2.34. The number of carbonyl (C=O) groups is 3. The molecule has 26 heavy (non-hydrogen) atoms. The van der Waals surface area contributed by atoms with Gasteiger partial charge in [0, 0.05) is 30.7 Å². The van der Waals surface area contributed by atoms with Crippen molar-refractivity contribution in [3.05, 3.63) is 39.9 Å². The number of esters is 1. The van der Waals surface area contributed by atoms with Gasteiger partial charge in [-0.2, -0.15) is 11.8 Å². The second-order valence-corrected chi connectivity index (χ2v) is 6.22. The molecule has 0 bridgehead atoms. The number of rotatable bonds is 10. The molecular weight excluding hydrogens is 362 g/mol. The number of methoxy groups -OCH3 is 1. The standard InChI is InChI=1S/C16H21N3O6S/c1-25-16(22)13(8-10-26-2)18-14(20)7-9-17-15(21)11-3-5-12(6-4-11)19(23)24/h3-6,13H,7-10H2,1-2H3,(H,17,21)(H,18,20)/t13-/m1/s1. The number of non-ortho nitro benzene ring substituents is 1. The van der Waals surface area contributed by atoms with Gasteiger partial charge in [-0.25, -0.2) is 4.79 Å². The smallest absolute Gasteiger partial charge is 0.328 e. The first-order chi connectivity index (χ1) is 12.4. The van der Waals surface area contributed by atoms with E-state index in [-0.39, 0.29) is 30.1 Å². The fourth-order valence-electron chi connectivity index (χ4n) is 2.02. The van der Waals surface area contributed by atoms with E-state index in [1.54, 1.807) is 11.8 Å². The van der Waals surface area contributed by atoms with Crippen molar-refractivity contribution in [2.24, 2.45) is 0 Å². The van der Waals surface area contributed by atoms with Gasteiger partial charge in [0.05, 0.1) is 12.0 Å². The lowest BCUT2D eigenvalue weighted by atomic mass is 10.2. The van der Waals surface area contributed by atoms with Gasteiger partial charge in [0.25, 0.3) is 11.6 Å². The second-order valence-electron chi connectivity index (χ2n) is 5.23.